The van der Waals surface area contributed by atoms with Crippen molar-refractivity contribution in [1.29, 1.82) is 0 Å². The number of halogens is 1. The number of nitrogens with zero attached hydrogens (tertiary/aromatic N) is 2. The number of rotatable bonds is 4. The molecule has 1 aliphatic heterocycles. The molecule has 0 fully saturated rings. The molecular formula is C19H16ClN3O2S. The number of pyridine rings is 1. The third kappa shape index (κ3) is 3.13. The highest BCUT2D eigenvalue weighted by atomic mass is 35.5. The van der Waals surface area contributed by atoms with Crippen LogP contribution < -0.4 is 9.62 Å². The molecule has 0 aliphatic carbocycles. The maximum absolute atomic E-state index is 12.5. The predicted molar refractivity (Wildman–Crippen MR) is 104 cm³/mol. The Morgan fingerprint density at radius 1 is 1.00 bits per heavy atom. The van der Waals surface area contributed by atoms with Crippen molar-refractivity contribution in [1.82, 2.24) is 4.98 Å². The van der Waals surface area contributed by atoms with Crippen LogP contribution in [0.5, 0.6) is 0 Å². The van der Waals surface area contributed by atoms with Gasteiger partial charge in [-0.25, -0.2) is 13.4 Å². The molecule has 1 N–H and O–H groups in total. The summed E-state index contributed by atoms with van der Waals surface area (Å²) in [5.74, 6) is 0.788. The minimum absolute atomic E-state index is 0.0409. The van der Waals surface area contributed by atoms with Crippen molar-refractivity contribution in [2.45, 2.75) is 11.3 Å². The largest absolute Gasteiger partial charge is 0.326 e. The molecule has 0 saturated heterocycles. The van der Waals surface area contributed by atoms with Gasteiger partial charge < -0.3 is 4.90 Å². The van der Waals surface area contributed by atoms with E-state index in [9.17, 15) is 8.42 Å². The fourth-order valence-corrected chi connectivity index (χ4v) is 4.62. The number of anilines is 3. The van der Waals surface area contributed by atoms with Crippen LogP contribution in [0.2, 0.25) is 5.02 Å². The predicted octanol–water partition coefficient (Wildman–Crippen LogP) is 4.23. The van der Waals surface area contributed by atoms with E-state index in [2.05, 4.69) is 26.7 Å². The SMILES string of the molecule is O=S(=O)(Nc1ccc(N2CCc3ccccc32)nc1)c1ccccc1Cl. The number of fused-ring (bicyclic) bond motifs is 1. The summed E-state index contributed by atoms with van der Waals surface area (Å²) in [7, 11) is -3.76. The fraction of sp³-hybridized carbons (Fsp3) is 0.105. The highest BCUT2D eigenvalue weighted by Crippen LogP contribution is 2.33. The second kappa shape index (κ2) is 6.63. The monoisotopic (exact) mass is 385 g/mol. The zero-order chi connectivity index (χ0) is 18.1. The standard InChI is InChI=1S/C19H16ClN3O2S/c20-16-6-2-4-8-18(16)26(24,25)22-15-9-10-19(21-13-15)23-12-11-14-5-1-3-7-17(14)23/h1-10,13,22H,11-12H2. The van der Waals surface area contributed by atoms with Gasteiger partial charge in [0, 0.05) is 12.2 Å². The zero-order valence-corrected chi connectivity index (χ0v) is 15.3. The van der Waals surface area contributed by atoms with Gasteiger partial charge in [0.15, 0.2) is 0 Å². The Labute approximate surface area is 157 Å². The number of para-hydroxylation sites is 1. The smallest absolute Gasteiger partial charge is 0.263 e. The fourth-order valence-electron chi connectivity index (χ4n) is 3.06. The van der Waals surface area contributed by atoms with E-state index < -0.39 is 10.0 Å². The van der Waals surface area contributed by atoms with Crippen molar-refractivity contribution < 1.29 is 8.42 Å². The van der Waals surface area contributed by atoms with Gasteiger partial charge in [-0.2, -0.15) is 0 Å². The van der Waals surface area contributed by atoms with Gasteiger partial charge >= 0.3 is 0 Å². The Morgan fingerprint density at radius 2 is 1.77 bits per heavy atom. The minimum atomic E-state index is -3.76. The molecule has 0 atom stereocenters. The van der Waals surface area contributed by atoms with Crippen LogP contribution in [0.3, 0.4) is 0 Å². The lowest BCUT2D eigenvalue weighted by molar-refractivity contribution is 0.601. The maximum Gasteiger partial charge on any atom is 0.263 e. The number of aromatic nitrogens is 1. The Kier molecular flexibility index (Phi) is 4.30. The summed E-state index contributed by atoms with van der Waals surface area (Å²) >= 11 is 5.99. The third-order valence-corrected chi connectivity index (χ3v) is 6.17. The molecule has 2 aromatic carbocycles. The van der Waals surface area contributed by atoms with Crippen molar-refractivity contribution in [3.05, 3.63) is 77.4 Å². The van der Waals surface area contributed by atoms with Crippen molar-refractivity contribution in [3.8, 4) is 0 Å². The molecule has 26 heavy (non-hydrogen) atoms. The summed E-state index contributed by atoms with van der Waals surface area (Å²) in [5.41, 5.74) is 2.82. The molecule has 4 rings (SSSR count). The van der Waals surface area contributed by atoms with Gasteiger partial charge in [0.1, 0.15) is 10.7 Å². The number of sulfonamides is 1. The highest BCUT2D eigenvalue weighted by Gasteiger charge is 2.21. The third-order valence-electron chi connectivity index (χ3n) is 4.29. The first-order chi connectivity index (χ1) is 12.5. The van der Waals surface area contributed by atoms with Crippen molar-refractivity contribution >= 4 is 38.8 Å². The number of benzene rings is 2. The molecule has 3 aromatic rings. The van der Waals surface area contributed by atoms with E-state index in [4.69, 9.17) is 11.6 Å². The summed E-state index contributed by atoms with van der Waals surface area (Å²) in [4.78, 5) is 6.59. The van der Waals surface area contributed by atoms with E-state index >= 15 is 0 Å². The summed E-state index contributed by atoms with van der Waals surface area (Å²) in [6, 6.07) is 18.1. The quantitative estimate of drug-likeness (QED) is 0.730. The van der Waals surface area contributed by atoms with Gasteiger partial charge in [0.25, 0.3) is 10.0 Å². The molecule has 0 amide bonds. The van der Waals surface area contributed by atoms with E-state index in [1.165, 1.54) is 17.8 Å². The van der Waals surface area contributed by atoms with Crippen molar-refractivity contribution in [2.75, 3.05) is 16.2 Å². The lowest BCUT2D eigenvalue weighted by Crippen LogP contribution is -2.16. The lowest BCUT2D eigenvalue weighted by atomic mass is 10.2. The second-order valence-electron chi connectivity index (χ2n) is 5.97. The molecule has 0 spiro atoms. The summed E-state index contributed by atoms with van der Waals surface area (Å²) in [6.45, 7) is 0.858. The van der Waals surface area contributed by atoms with Gasteiger partial charge in [0.2, 0.25) is 0 Å². The Hall–Kier alpha value is -2.57. The topological polar surface area (TPSA) is 62.3 Å². The lowest BCUT2D eigenvalue weighted by Gasteiger charge is -2.18. The molecule has 2 heterocycles. The molecule has 0 saturated carbocycles. The molecule has 132 valence electrons. The van der Waals surface area contributed by atoms with E-state index in [0.717, 1.165) is 24.5 Å². The first-order valence-electron chi connectivity index (χ1n) is 8.13. The van der Waals surface area contributed by atoms with Crippen LogP contribution in [0.1, 0.15) is 5.56 Å². The molecule has 7 heteroatoms. The average Bonchev–Trinajstić information content (AvgIpc) is 3.06. The molecular weight excluding hydrogens is 370 g/mol. The van der Waals surface area contributed by atoms with Crippen LogP contribution in [0.25, 0.3) is 0 Å². The molecule has 5 nitrogen and oxygen atoms in total. The van der Waals surface area contributed by atoms with Gasteiger partial charge in [-0.15, -0.1) is 0 Å². The summed E-state index contributed by atoms with van der Waals surface area (Å²) < 4.78 is 27.5. The number of hydrogen-bond acceptors (Lipinski definition) is 4. The molecule has 0 radical (unpaired) electrons. The molecule has 1 aliphatic rings. The summed E-state index contributed by atoms with van der Waals surface area (Å²) in [5, 5.41) is 0.179. The highest BCUT2D eigenvalue weighted by molar-refractivity contribution is 7.92. The normalized spacial score (nSPS) is 13.5. The van der Waals surface area contributed by atoms with Crippen LogP contribution in [-0.2, 0) is 16.4 Å². The average molecular weight is 386 g/mol. The van der Waals surface area contributed by atoms with E-state index in [1.54, 1.807) is 24.3 Å². The van der Waals surface area contributed by atoms with Crippen molar-refractivity contribution in [2.24, 2.45) is 0 Å². The van der Waals surface area contributed by atoms with Gasteiger partial charge in [-0.3, -0.25) is 4.72 Å². The van der Waals surface area contributed by atoms with Crippen molar-refractivity contribution in [3.63, 3.8) is 0 Å². The minimum Gasteiger partial charge on any atom is -0.326 e. The van der Waals surface area contributed by atoms with E-state index in [-0.39, 0.29) is 9.92 Å². The van der Waals surface area contributed by atoms with Gasteiger partial charge in [-0.05, 0) is 42.3 Å². The first-order valence-corrected chi connectivity index (χ1v) is 9.99. The molecule has 1 aromatic heterocycles. The maximum atomic E-state index is 12.5. The number of nitrogens with one attached hydrogen (secondary N) is 1. The second-order valence-corrected chi connectivity index (χ2v) is 8.03. The Bertz CT molecular complexity index is 1050. The molecule has 0 bridgehead atoms. The summed E-state index contributed by atoms with van der Waals surface area (Å²) in [6.07, 6.45) is 2.49. The van der Waals surface area contributed by atoms with Crippen LogP contribution in [0.4, 0.5) is 17.2 Å². The zero-order valence-electron chi connectivity index (χ0n) is 13.8. The van der Waals surface area contributed by atoms with Crippen LogP contribution in [0, 0.1) is 0 Å². The van der Waals surface area contributed by atoms with Crippen LogP contribution >= 0.6 is 11.6 Å². The van der Waals surface area contributed by atoms with Gasteiger partial charge in [0.05, 0.1) is 16.9 Å². The number of hydrogen-bond donors (Lipinski definition) is 1. The van der Waals surface area contributed by atoms with Crippen LogP contribution in [0.15, 0.2) is 71.8 Å². The van der Waals surface area contributed by atoms with Crippen LogP contribution in [-0.4, -0.2) is 19.9 Å². The Balaban J connectivity index is 1.57. The van der Waals surface area contributed by atoms with E-state index in [0.29, 0.717) is 5.69 Å². The molecule has 0 unspecified atom stereocenters. The van der Waals surface area contributed by atoms with E-state index in [1.807, 2.05) is 18.2 Å². The Morgan fingerprint density at radius 3 is 2.54 bits per heavy atom. The first kappa shape index (κ1) is 16.9. The van der Waals surface area contributed by atoms with Gasteiger partial charge in [-0.1, -0.05) is 41.9 Å².